The fourth-order valence-electron chi connectivity index (χ4n) is 2.89. The van der Waals surface area contributed by atoms with Gasteiger partial charge < -0.3 is 5.32 Å². The molecule has 0 bridgehead atoms. The van der Waals surface area contributed by atoms with Crippen molar-refractivity contribution in [1.82, 2.24) is 10.3 Å². The van der Waals surface area contributed by atoms with Crippen LogP contribution in [0.2, 0.25) is 0 Å². The monoisotopic (exact) mass is 258 g/mol. The standard InChI is InChI=1S/C16H22N2O/c1-9-6-7-13(16(19)17-5)14-8-10(2)18-12(4)15(14)11(9)3/h7-9,11H,6H2,1-5H3,(H,17,19)/t9-,11?/m1/s1. The Morgan fingerprint density at radius 1 is 1.37 bits per heavy atom. The highest BCUT2D eigenvalue weighted by Gasteiger charge is 2.27. The molecule has 1 unspecified atom stereocenters. The topological polar surface area (TPSA) is 42.0 Å². The summed E-state index contributed by atoms with van der Waals surface area (Å²) < 4.78 is 0. The van der Waals surface area contributed by atoms with E-state index in [4.69, 9.17) is 0 Å². The van der Waals surface area contributed by atoms with E-state index in [1.54, 1.807) is 7.05 Å². The predicted molar refractivity (Wildman–Crippen MR) is 78.0 cm³/mol. The van der Waals surface area contributed by atoms with E-state index < -0.39 is 0 Å². The number of nitrogens with one attached hydrogen (secondary N) is 1. The molecule has 1 amide bonds. The predicted octanol–water partition coefficient (Wildman–Crippen LogP) is 2.97. The molecule has 0 saturated carbocycles. The fraction of sp³-hybridized carbons (Fsp3) is 0.500. The Bertz CT molecular complexity index is 546. The van der Waals surface area contributed by atoms with Gasteiger partial charge in [-0.25, -0.2) is 0 Å². The van der Waals surface area contributed by atoms with Gasteiger partial charge in [-0.2, -0.15) is 0 Å². The molecule has 0 saturated heterocycles. The molecule has 3 heteroatoms. The highest BCUT2D eigenvalue weighted by Crippen LogP contribution is 2.38. The number of aromatic nitrogens is 1. The first-order valence-corrected chi connectivity index (χ1v) is 6.86. The Hall–Kier alpha value is -1.64. The van der Waals surface area contributed by atoms with E-state index in [-0.39, 0.29) is 5.91 Å². The van der Waals surface area contributed by atoms with Gasteiger partial charge in [0.15, 0.2) is 0 Å². The van der Waals surface area contributed by atoms with Gasteiger partial charge in [0, 0.05) is 24.0 Å². The second kappa shape index (κ2) is 5.16. The largest absolute Gasteiger partial charge is 0.355 e. The number of pyridine rings is 1. The number of nitrogens with zero attached hydrogens (tertiary/aromatic N) is 1. The minimum Gasteiger partial charge on any atom is -0.355 e. The molecule has 2 atom stereocenters. The molecule has 0 fully saturated rings. The number of allylic oxidation sites excluding steroid dienone is 1. The van der Waals surface area contributed by atoms with Crippen LogP contribution in [0, 0.1) is 19.8 Å². The summed E-state index contributed by atoms with van der Waals surface area (Å²) in [6, 6.07) is 2.04. The van der Waals surface area contributed by atoms with Crippen LogP contribution in [0.25, 0.3) is 5.57 Å². The van der Waals surface area contributed by atoms with Crippen molar-refractivity contribution in [3.8, 4) is 0 Å². The number of amides is 1. The SMILES string of the molecule is CNC(=O)C1=CC[C@@H](C)C(C)c2c1cc(C)nc2C. The summed E-state index contributed by atoms with van der Waals surface area (Å²) in [5, 5.41) is 2.74. The normalized spacial score (nSPS) is 22.3. The van der Waals surface area contributed by atoms with Gasteiger partial charge >= 0.3 is 0 Å². The van der Waals surface area contributed by atoms with Crippen LogP contribution in [0.3, 0.4) is 0 Å². The molecule has 2 rings (SSSR count). The summed E-state index contributed by atoms with van der Waals surface area (Å²) in [7, 11) is 1.68. The summed E-state index contributed by atoms with van der Waals surface area (Å²) in [5.41, 5.74) is 5.09. The molecule has 102 valence electrons. The highest BCUT2D eigenvalue weighted by atomic mass is 16.1. The fourth-order valence-corrected chi connectivity index (χ4v) is 2.89. The number of likely N-dealkylation sites (N-methyl/N-ethyl adjacent to an activating group) is 1. The number of carbonyl (C=O) groups excluding carboxylic acids is 1. The van der Waals surface area contributed by atoms with Crippen molar-refractivity contribution in [2.75, 3.05) is 7.05 Å². The van der Waals surface area contributed by atoms with Gasteiger partial charge in [-0.05, 0) is 49.3 Å². The maximum Gasteiger partial charge on any atom is 0.251 e. The van der Waals surface area contributed by atoms with E-state index in [0.717, 1.165) is 28.9 Å². The number of hydrogen-bond acceptors (Lipinski definition) is 2. The Morgan fingerprint density at radius 3 is 2.68 bits per heavy atom. The number of aryl methyl sites for hydroxylation is 2. The van der Waals surface area contributed by atoms with Crippen molar-refractivity contribution in [1.29, 1.82) is 0 Å². The van der Waals surface area contributed by atoms with Gasteiger partial charge in [0.25, 0.3) is 5.91 Å². The number of rotatable bonds is 1. The van der Waals surface area contributed by atoms with E-state index >= 15 is 0 Å². The van der Waals surface area contributed by atoms with E-state index in [2.05, 4.69) is 30.2 Å². The van der Waals surface area contributed by atoms with Crippen molar-refractivity contribution < 1.29 is 4.79 Å². The van der Waals surface area contributed by atoms with Crippen molar-refractivity contribution >= 4 is 11.5 Å². The summed E-state index contributed by atoms with van der Waals surface area (Å²) >= 11 is 0. The summed E-state index contributed by atoms with van der Waals surface area (Å²) in [6.45, 7) is 8.49. The Labute approximate surface area is 115 Å². The summed E-state index contributed by atoms with van der Waals surface area (Å²) in [6.07, 6.45) is 3.00. The highest BCUT2D eigenvalue weighted by molar-refractivity contribution is 6.20. The molecule has 1 aromatic rings. The molecular weight excluding hydrogens is 236 g/mol. The molecule has 1 aliphatic rings. The molecule has 0 aromatic carbocycles. The van der Waals surface area contributed by atoms with Gasteiger partial charge in [-0.1, -0.05) is 19.9 Å². The maximum atomic E-state index is 12.1. The van der Waals surface area contributed by atoms with Crippen LogP contribution in [-0.2, 0) is 4.79 Å². The minimum atomic E-state index is -0.00690. The first-order valence-electron chi connectivity index (χ1n) is 6.86. The lowest BCUT2D eigenvalue weighted by atomic mass is 9.85. The molecule has 1 heterocycles. The zero-order valence-corrected chi connectivity index (χ0v) is 12.4. The zero-order valence-electron chi connectivity index (χ0n) is 12.4. The second-order valence-corrected chi connectivity index (χ2v) is 5.51. The molecule has 0 aliphatic heterocycles. The lowest BCUT2D eigenvalue weighted by molar-refractivity contribution is -0.115. The van der Waals surface area contributed by atoms with E-state index in [1.165, 1.54) is 5.56 Å². The zero-order chi connectivity index (χ0) is 14.2. The average Bonchev–Trinajstić information content (AvgIpc) is 2.47. The van der Waals surface area contributed by atoms with Gasteiger partial charge in [0.1, 0.15) is 0 Å². The van der Waals surface area contributed by atoms with Gasteiger partial charge in [-0.3, -0.25) is 9.78 Å². The maximum absolute atomic E-state index is 12.1. The smallest absolute Gasteiger partial charge is 0.251 e. The van der Waals surface area contributed by atoms with Gasteiger partial charge in [0.2, 0.25) is 0 Å². The van der Waals surface area contributed by atoms with Crippen LogP contribution in [0.1, 0.15) is 48.7 Å². The first kappa shape index (κ1) is 13.8. The van der Waals surface area contributed by atoms with Crippen LogP contribution in [0.5, 0.6) is 0 Å². The van der Waals surface area contributed by atoms with Crippen molar-refractivity contribution in [2.24, 2.45) is 5.92 Å². The van der Waals surface area contributed by atoms with Gasteiger partial charge in [0.05, 0.1) is 0 Å². The second-order valence-electron chi connectivity index (χ2n) is 5.51. The minimum absolute atomic E-state index is 0.00690. The third kappa shape index (κ3) is 2.42. The van der Waals surface area contributed by atoms with E-state index in [1.807, 2.05) is 19.9 Å². The van der Waals surface area contributed by atoms with Crippen molar-refractivity contribution in [3.05, 3.63) is 34.7 Å². The van der Waals surface area contributed by atoms with Crippen LogP contribution >= 0.6 is 0 Å². The van der Waals surface area contributed by atoms with E-state index in [0.29, 0.717) is 11.8 Å². The Kier molecular flexibility index (Phi) is 3.74. The molecule has 0 radical (unpaired) electrons. The lowest BCUT2D eigenvalue weighted by Crippen LogP contribution is -2.20. The molecule has 3 nitrogen and oxygen atoms in total. The molecule has 1 aliphatic carbocycles. The Morgan fingerprint density at radius 2 is 2.05 bits per heavy atom. The quantitative estimate of drug-likeness (QED) is 0.841. The van der Waals surface area contributed by atoms with Crippen LogP contribution < -0.4 is 5.32 Å². The van der Waals surface area contributed by atoms with Crippen LogP contribution in [0.4, 0.5) is 0 Å². The molecular formula is C16H22N2O. The number of carbonyl (C=O) groups is 1. The molecule has 1 N–H and O–H groups in total. The van der Waals surface area contributed by atoms with E-state index in [9.17, 15) is 4.79 Å². The lowest BCUT2D eigenvalue weighted by Gasteiger charge is -2.21. The first-order chi connectivity index (χ1) is 8.95. The molecule has 1 aromatic heterocycles. The summed E-state index contributed by atoms with van der Waals surface area (Å²) in [4.78, 5) is 16.7. The van der Waals surface area contributed by atoms with Crippen LogP contribution in [-0.4, -0.2) is 17.9 Å². The molecule has 0 spiro atoms. The summed E-state index contributed by atoms with van der Waals surface area (Å²) in [5.74, 6) is 0.929. The molecule has 19 heavy (non-hydrogen) atoms. The number of fused-ring (bicyclic) bond motifs is 1. The Balaban J connectivity index is 2.69. The van der Waals surface area contributed by atoms with Crippen molar-refractivity contribution in [2.45, 2.75) is 40.0 Å². The number of hydrogen-bond donors (Lipinski definition) is 1. The third-order valence-electron chi connectivity index (χ3n) is 4.14. The van der Waals surface area contributed by atoms with Gasteiger partial charge in [-0.15, -0.1) is 0 Å². The third-order valence-corrected chi connectivity index (χ3v) is 4.14. The van der Waals surface area contributed by atoms with Crippen LogP contribution in [0.15, 0.2) is 12.1 Å². The van der Waals surface area contributed by atoms with Crippen molar-refractivity contribution in [3.63, 3.8) is 0 Å². The average molecular weight is 258 g/mol.